The number of aryl methyl sites for hydroxylation is 2. The Labute approximate surface area is 133 Å². The molecule has 0 amide bonds. The molecule has 21 heavy (non-hydrogen) atoms. The van der Waals surface area contributed by atoms with Gasteiger partial charge in [-0.05, 0) is 22.0 Å². The van der Waals surface area contributed by atoms with E-state index in [9.17, 15) is 4.39 Å². The van der Waals surface area contributed by atoms with Gasteiger partial charge in [0.1, 0.15) is 11.6 Å². The number of aromatic nitrogens is 4. The van der Waals surface area contributed by atoms with Crippen molar-refractivity contribution < 1.29 is 8.91 Å². The second-order valence-corrected chi connectivity index (χ2v) is 5.77. The van der Waals surface area contributed by atoms with E-state index in [1.165, 1.54) is 6.07 Å². The molecule has 0 atom stereocenters. The van der Waals surface area contributed by atoms with Crippen molar-refractivity contribution >= 4 is 38.6 Å². The van der Waals surface area contributed by atoms with Crippen LogP contribution in [0.1, 0.15) is 17.5 Å². The van der Waals surface area contributed by atoms with E-state index in [4.69, 9.17) is 16.1 Å². The van der Waals surface area contributed by atoms with Crippen LogP contribution in [0.2, 0.25) is 0 Å². The number of alkyl halides is 1. The van der Waals surface area contributed by atoms with Gasteiger partial charge < -0.3 is 9.09 Å². The summed E-state index contributed by atoms with van der Waals surface area (Å²) in [6.07, 6.45) is 0.576. The smallest absolute Gasteiger partial charge is 0.223 e. The molecule has 0 saturated heterocycles. The maximum Gasteiger partial charge on any atom is 0.223 e. The second-order valence-electron chi connectivity index (χ2n) is 4.54. The number of imidazole rings is 1. The van der Waals surface area contributed by atoms with Crippen LogP contribution in [-0.2, 0) is 13.0 Å². The van der Waals surface area contributed by atoms with E-state index in [0.717, 1.165) is 5.82 Å². The molecule has 3 aromatic rings. The average molecular weight is 374 g/mol. The summed E-state index contributed by atoms with van der Waals surface area (Å²) in [5, 5.41) is 3.87. The van der Waals surface area contributed by atoms with E-state index in [1.54, 1.807) is 13.0 Å². The van der Waals surface area contributed by atoms with Gasteiger partial charge in [0.15, 0.2) is 5.82 Å². The maximum atomic E-state index is 13.8. The SMILES string of the molecule is Cc1nc(Cn2c(CCCl)nc3cc(Br)c(F)cc32)no1. The predicted molar refractivity (Wildman–Crippen MR) is 80.0 cm³/mol. The lowest BCUT2D eigenvalue weighted by molar-refractivity contribution is 0.386. The van der Waals surface area contributed by atoms with E-state index in [2.05, 4.69) is 31.1 Å². The molecular formula is C13H11BrClFN4O. The van der Waals surface area contributed by atoms with Crippen LogP contribution in [0, 0.1) is 12.7 Å². The molecule has 0 aliphatic rings. The summed E-state index contributed by atoms with van der Waals surface area (Å²) in [5.74, 6) is 1.86. The summed E-state index contributed by atoms with van der Waals surface area (Å²) in [5.41, 5.74) is 1.38. The third kappa shape index (κ3) is 2.80. The number of hydrogen-bond donors (Lipinski definition) is 0. The van der Waals surface area contributed by atoms with Crippen molar-refractivity contribution in [3.63, 3.8) is 0 Å². The van der Waals surface area contributed by atoms with Gasteiger partial charge in [-0.1, -0.05) is 5.16 Å². The Morgan fingerprint density at radius 1 is 1.38 bits per heavy atom. The lowest BCUT2D eigenvalue weighted by Gasteiger charge is -2.05. The summed E-state index contributed by atoms with van der Waals surface area (Å²) in [7, 11) is 0. The largest absolute Gasteiger partial charge is 0.340 e. The first kappa shape index (κ1) is 14.5. The Bertz CT molecular complexity index is 801. The zero-order valence-electron chi connectivity index (χ0n) is 11.1. The lowest BCUT2D eigenvalue weighted by Crippen LogP contribution is -2.07. The molecule has 3 rings (SSSR count). The molecule has 0 aliphatic heterocycles. The van der Waals surface area contributed by atoms with Gasteiger partial charge in [-0.2, -0.15) is 4.98 Å². The highest BCUT2D eigenvalue weighted by Gasteiger charge is 2.15. The summed E-state index contributed by atoms with van der Waals surface area (Å²) in [4.78, 5) is 8.67. The van der Waals surface area contributed by atoms with Crippen molar-refractivity contribution in [1.29, 1.82) is 0 Å². The van der Waals surface area contributed by atoms with Crippen LogP contribution in [0.3, 0.4) is 0 Å². The summed E-state index contributed by atoms with van der Waals surface area (Å²) < 4.78 is 21.0. The number of nitrogens with zero attached hydrogens (tertiary/aromatic N) is 4. The van der Waals surface area contributed by atoms with E-state index in [0.29, 0.717) is 46.1 Å². The molecule has 1 aromatic carbocycles. The molecule has 2 heterocycles. The van der Waals surface area contributed by atoms with Gasteiger partial charge in [-0.25, -0.2) is 9.37 Å². The predicted octanol–water partition coefficient (Wildman–Crippen LogP) is 3.46. The maximum absolute atomic E-state index is 13.8. The first-order valence-corrected chi connectivity index (χ1v) is 7.60. The van der Waals surface area contributed by atoms with Crippen molar-refractivity contribution in [2.45, 2.75) is 19.9 Å². The van der Waals surface area contributed by atoms with Crippen LogP contribution in [-0.4, -0.2) is 25.6 Å². The minimum absolute atomic E-state index is 0.342. The highest BCUT2D eigenvalue weighted by molar-refractivity contribution is 9.10. The van der Waals surface area contributed by atoms with Crippen molar-refractivity contribution in [3.05, 3.63) is 40.0 Å². The van der Waals surface area contributed by atoms with Crippen molar-refractivity contribution in [2.75, 3.05) is 5.88 Å². The van der Waals surface area contributed by atoms with Gasteiger partial charge in [0.05, 0.1) is 22.1 Å². The molecular weight excluding hydrogens is 363 g/mol. The summed E-state index contributed by atoms with van der Waals surface area (Å²) in [6.45, 7) is 2.08. The normalized spacial score (nSPS) is 11.4. The number of halogens is 3. The molecule has 0 fully saturated rings. The zero-order valence-corrected chi connectivity index (χ0v) is 13.4. The van der Waals surface area contributed by atoms with Crippen LogP contribution in [0.25, 0.3) is 11.0 Å². The summed E-state index contributed by atoms with van der Waals surface area (Å²) in [6, 6.07) is 3.09. The Morgan fingerprint density at radius 2 is 2.19 bits per heavy atom. The molecule has 8 heteroatoms. The quantitative estimate of drug-likeness (QED) is 0.657. The first-order chi connectivity index (χ1) is 10.1. The molecule has 0 aliphatic carbocycles. The molecule has 0 radical (unpaired) electrons. The van der Waals surface area contributed by atoms with E-state index in [-0.39, 0.29) is 5.82 Å². The number of rotatable bonds is 4. The standard InChI is InChI=1S/C13H11BrClFN4O/c1-7-17-12(19-21-7)6-20-11-5-9(16)8(14)4-10(11)18-13(20)2-3-15/h4-5H,2-3,6H2,1H3. The van der Waals surface area contributed by atoms with Gasteiger partial charge in [-0.3, -0.25) is 0 Å². The second kappa shape index (κ2) is 5.73. The van der Waals surface area contributed by atoms with E-state index >= 15 is 0 Å². The van der Waals surface area contributed by atoms with Gasteiger partial charge >= 0.3 is 0 Å². The monoisotopic (exact) mass is 372 g/mol. The molecule has 110 valence electrons. The third-order valence-corrected chi connectivity index (χ3v) is 3.85. The third-order valence-electron chi connectivity index (χ3n) is 3.06. The topological polar surface area (TPSA) is 56.7 Å². The van der Waals surface area contributed by atoms with E-state index in [1.807, 2.05) is 4.57 Å². The summed E-state index contributed by atoms with van der Waals surface area (Å²) >= 11 is 8.99. The van der Waals surface area contributed by atoms with Crippen LogP contribution >= 0.6 is 27.5 Å². The van der Waals surface area contributed by atoms with Crippen molar-refractivity contribution in [1.82, 2.24) is 19.7 Å². The molecule has 5 nitrogen and oxygen atoms in total. The fraction of sp³-hybridized carbons (Fsp3) is 0.308. The Morgan fingerprint density at radius 3 is 2.86 bits per heavy atom. The first-order valence-electron chi connectivity index (χ1n) is 6.28. The Kier molecular flexibility index (Phi) is 3.95. The van der Waals surface area contributed by atoms with E-state index < -0.39 is 0 Å². The zero-order chi connectivity index (χ0) is 15.0. The van der Waals surface area contributed by atoms with Crippen LogP contribution in [0.5, 0.6) is 0 Å². The minimum atomic E-state index is -0.342. The van der Waals surface area contributed by atoms with Crippen LogP contribution < -0.4 is 0 Å². The molecule has 0 bridgehead atoms. The van der Waals surface area contributed by atoms with Crippen molar-refractivity contribution in [2.24, 2.45) is 0 Å². The van der Waals surface area contributed by atoms with Gasteiger partial charge in [-0.15, -0.1) is 11.6 Å². The van der Waals surface area contributed by atoms with Gasteiger partial charge in [0.25, 0.3) is 0 Å². The lowest BCUT2D eigenvalue weighted by atomic mass is 10.3. The van der Waals surface area contributed by atoms with Crippen LogP contribution in [0.15, 0.2) is 21.1 Å². The van der Waals surface area contributed by atoms with Gasteiger partial charge in [0, 0.05) is 25.3 Å². The van der Waals surface area contributed by atoms with Crippen LogP contribution in [0.4, 0.5) is 4.39 Å². The van der Waals surface area contributed by atoms with Gasteiger partial charge in [0.2, 0.25) is 5.89 Å². The highest BCUT2D eigenvalue weighted by atomic mass is 79.9. The molecule has 0 N–H and O–H groups in total. The fourth-order valence-electron chi connectivity index (χ4n) is 2.17. The number of benzene rings is 1. The Hall–Kier alpha value is -1.47. The minimum Gasteiger partial charge on any atom is -0.340 e. The fourth-order valence-corrected chi connectivity index (χ4v) is 2.67. The molecule has 0 spiro atoms. The molecule has 0 unspecified atom stereocenters. The van der Waals surface area contributed by atoms with Crippen molar-refractivity contribution in [3.8, 4) is 0 Å². The molecule has 0 saturated carbocycles. The highest BCUT2D eigenvalue weighted by Crippen LogP contribution is 2.25. The number of fused-ring (bicyclic) bond motifs is 1. The Balaban J connectivity index is 2.12. The number of hydrogen-bond acceptors (Lipinski definition) is 4. The molecule has 2 aromatic heterocycles. The average Bonchev–Trinajstić information content (AvgIpc) is 2.97.